The number of carbonyl (C=O) groups is 1. The van der Waals surface area contributed by atoms with E-state index in [2.05, 4.69) is 48.8 Å². The molecule has 0 aliphatic carbocycles. The number of ether oxygens (including phenoxy) is 2. The minimum Gasteiger partial charge on any atom is -0.492 e. The molecule has 140 valence electrons. The first-order valence-corrected chi connectivity index (χ1v) is 10.7. The lowest BCUT2D eigenvalue weighted by molar-refractivity contribution is -0.115. The molecule has 3 rings (SSSR count). The van der Waals surface area contributed by atoms with Crippen molar-refractivity contribution in [2.24, 2.45) is 4.99 Å². The first-order chi connectivity index (χ1) is 13.0. The molecule has 1 N–H and O–H groups in total. The Hall–Kier alpha value is -1.52. The maximum atomic E-state index is 12.3. The predicted octanol–water partition coefficient (Wildman–Crippen LogP) is 5.35. The van der Waals surface area contributed by atoms with Crippen LogP contribution in [0.3, 0.4) is 0 Å². The zero-order chi connectivity index (χ0) is 19.4. The van der Waals surface area contributed by atoms with Crippen molar-refractivity contribution in [2.45, 2.75) is 6.92 Å². The van der Waals surface area contributed by atoms with Crippen LogP contribution in [0.25, 0.3) is 6.08 Å². The molecule has 1 fully saturated rings. The van der Waals surface area contributed by atoms with E-state index in [-0.39, 0.29) is 5.91 Å². The van der Waals surface area contributed by atoms with Gasteiger partial charge in [0.25, 0.3) is 5.91 Å². The summed E-state index contributed by atoms with van der Waals surface area (Å²) >= 11 is 6.90. The minimum absolute atomic E-state index is 0.167. The summed E-state index contributed by atoms with van der Waals surface area (Å²) in [4.78, 5) is 17.4. The number of nitrogens with one attached hydrogen (secondary N) is 1. The first-order valence-electron chi connectivity index (χ1n) is 8.05. The third kappa shape index (κ3) is 5.05. The highest BCUT2D eigenvalue weighted by Crippen LogP contribution is 2.36. The van der Waals surface area contributed by atoms with E-state index in [9.17, 15) is 4.79 Å². The molecule has 5 nitrogen and oxygen atoms in total. The monoisotopic (exact) mass is 558 g/mol. The van der Waals surface area contributed by atoms with Crippen LogP contribution in [0.2, 0.25) is 0 Å². The van der Waals surface area contributed by atoms with Gasteiger partial charge in [-0.25, -0.2) is 4.99 Å². The third-order valence-electron chi connectivity index (χ3n) is 3.54. The normalized spacial score (nSPS) is 16.7. The van der Waals surface area contributed by atoms with Crippen molar-refractivity contribution in [2.75, 3.05) is 13.7 Å². The Kier molecular flexibility index (Phi) is 6.83. The number of hydrogen-bond acceptors (Lipinski definition) is 5. The molecule has 1 amide bonds. The Morgan fingerprint density at radius 1 is 1.30 bits per heavy atom. The van der Waals surface area contributed by atoms with Crippen molar-refractivity contribution in [1.29, 1.82) is 0 Å². The molecule has 0 radical (unpaired) electrons. The quantitative estimate of drug-likeness (QED) is 0.397. The summed E-state index contributed by atoms with van der Waals surface area (Å²) in [5.41, 5.74) is 1.64. The van der Waals surface area contributed by atoms with Crippen LogP contribution < -0.4 is 14.8 Å². The molecule has 8 heteroatoms. The zero-order valence-corrected chi connectivity index (χ0v) is 19.1. The van der Waals surface area contributed by atoms with Crippen LogP contribution in [0.15, 0.2) is 50.8 Å². The lowest BCUT2D eigenvalue weighted by Crippen LogP contribution is -2.19. The Bertz CT molecular complexity index is 929. The maximum Gasteiger partial charge on any atom is 0.264 e. The summed E-state index contributed by atoms with van der Waals surface area (Å²) in [6.07, 6.45) is 1.83. The number of halogens is 2. The van der Waals surface area contributed by atoms with Crippen LogP contribution in [-0.4, -0.2) is 24.8 Å². The lowest BCUT2D eigenvalue weighted by atomic mass is 10.2. The molecule has 27 heavy (non-hydrogen) atoms. The van der Waals surface area contributed by atoms with Crippen LogP contribution in [0.1, 0.15) is 12.5 Å². The molecule has 2 aromatic rings. The molecule has 0 saturated carbocycles. The summed E-state index contributed by atoms with van der Waals surface area (Å²) in [5.74, 6) is 1.19. The number of amidine groups is 1. The number of benzene rings is 2. The van der Waals surface area contributed by atoms with Gasteiger partial charge in [-0.3, -0.25) is 4.79 Å². The van der Waals surface area contributed by atoms with Crippen molar-refractivity contribution < 1.29 is 14.3 Å². The van der Waals surface area contributed by atoms with Crippen LogP contribution in [0.5, 0.6) is 11.5 Å². The van der Waals surface area contributed by atoms with E-state index in [0.29, 0.717) is 28.2 Å². The van der Waals surface area contributed by atoms with Crippen molar-refractivity contribution in [3.8, 4) is 11.5 Å². The fourth-order valence-corrected chi connectivity index (χ4v) is 4.35. The van der Waals surface area contributed by atoms with Crippen LogP contribution in [-0.2, 0) is 4.79 Å². The van der Waals surface area contributed by atoms with Crippen molar-refractivity contribution in [3.63, 3.8) is 0 Å². The van der Waals surface area contributed by atoms with Gasteiger partial charge in [0.05, 0.1) is 27.9 Å². The molecule has 2 aromatic carbocycles. The largest absolute Gasteiger partial charge is 0.492 e. The van der Waals surface area contributed by atoms with Crippen molar-refractivity contribution in [3.05, 3.63) is 54.9 Å². The molecule has 1 heterocycles. The van der Waals surface area contributed by atoms with Gasteiger partial charge in [-0.1, -0.05) is 15.9 Å². The molecule has 0 unspecified atom stereocenters. The molecule has 0 aromatic heterocycles. The van der Waals surface area contributed by atoms with E-state index in [4.69, 9.17) is 9.47 Å². The Labute approximate surface area is 183 Å². The number of aliphatic imine (C=N–C) groups is 1. The maximum absolute atomic E-state index is 12.3. The van der Waals surface area contributed by atoms with E-state index in [0.717, 1.165) is 19.3 Å². The smallest absolute Gasteiger partial charge is 0.264 e. The van der Waals surface area contributed by atoms with Crippen molar-refractivity contribution in [1.82, 2.24) is 5.32 Å². The van der Waals surface area contributed by atoms with E-state index in [1.165, 1.54) is 11.8 Å². The predicted molar refractivity (Wildman–Crippen MR) is 122 cm³/mol. The van der Waals surface area contributed by atoms with Gasteiger partial charge in [-0.2, -0.15) is 0 Å². The average Bonchev–Trinajstić information content (AvgIpc) is 2.96. The number of carbonyl (C=O) groups excluding carboxylic acids is 1. The number of nitrogens with zero attached hydrogens (tertiary/aromatic N) is 1. The number of methoxy groups -OCH3 is 1. The fraction of sp³-hybridized carbons (Fsp3) is 0.158. The van der Waals surface area contributed by atoms with Gasteiger partial charge in [0.2, 0.25) is 0 Å². The molecule has 0 spiro atoms. The lowest BCUT2D eigenvalue weighted by Gasteiger charge is -2.12. The second-order valence-corrected chi connectivity index (χ2v) is 8.53. The number of rotatable bonds is 5. The molecule has 0 atom stereocenters. The van der Waals surface area contributed by atoms with Gasteiger partial charge in [0, 0.05) is 4.47 Å². The van der Waals surface area contributed by atoms with Crippen LogP contribution in [0, 0.1) is 3.57 Å². The standard InChI is InChI=1S/C19H16BrIN2O3S/c1-3-26-15-9-11(8-14(21)17(15)25-2)10-16-18(24)23-19(27-16)22-13-6-4-12(20)5-7-13/h4-10H,3H2,1-2H3,(H,22,23,24)/b16-10-. The first kappa shape index (κ1) is 20.2. The Morgan fingerprint density at radius 2 is 2.04 bits per heavy atom. The Morgan fingerprint density at radius 3 is 2.70 bits per heavy atom. The van der Waals surface area contributed by atoms with Gasteiger partial charge in [-0.15, -0.1) is 0 Å². The SMILES string of the molecule is CCOc1cc(/C=C2\SC(=Nc3ccc(Br)cc3)NC2=O)cc(I)c1OC. The van der Waals surface area contributed by atoms with E-state index in [1.807, 2.05) is 49.4 Å². The molecule has 0 bridgehead atoms. The molecule has 1 saturated heterocycles. The second-order valence-electron chi connectivity index (χ2n) is 5.43. The van der Waals surface area contributed by atoms with Gasteiger partial charge >= 0.3 is 0 Å². The summed E-state index contributed by atoms with van der Waals surface area (Å²) in [5, 5.41) is 3.36. The highest BCUT2D eigenvalue weighted by atomic mass is 127. The van der Waals surface area contributed by atoms with Gasteiger partial charge in [-0.05, 0) is 89.3 Å². The van der Waals surface area contributed by atoms with E-state index in [1.54, 1.807) is 7.11 Å². The van der Waals surface area contributed by atoms with Crippen molar-refractivity contribution >= 4 is 73.1 Å². The Balaban J connectivity index is 1.87. The highest BCUT2D eigenvalue weighted by Gasteiger charge is 2.24. The van der Waals surface area contributed by atoms with Crippen LogP contribution in [0.4, 0.5) is 5.69 Å². The van der Waals surface area contributed by atoms with Gasteiger partial charge < -0.3 is 14.8 Å². The topological polar surface area (TPSA) is 59.9 Å². The molecule has 1 aliphatic heterocycles. The number of amides is 1. The second kappa shape index (κ2) is 9.11. The van der Waals surface area contributed by atoms with Crippen LogP contribution >= 0.6 is 50.3 Å². The summed E-state index contributed by atoms with van der Waals surface area (Å²) in [6.45, 7) is 2.45. The fourth-order valence-electron chi connectivity index (χ4n) is 2.40. The van der Waals surface area contributed by atoms with E-state index >= 15 is 0 Å². The summed E-state index contributed by atoms with van der Waals surface area (Å²) in [6, 6.07) is 11.4. The van der Waals surface area contributed by atoms with Gasteiger partial charge in [0.1, 0.15) is 0 Å². The summed E-state index contributed by atoms with van der Waals surface area (Å²) < 4.78 is 13.0. The highest BCUT2D eigenvalue weighted by molar-refractivity contribution is 14.1. The minimum atomic E-state index is -0.167. The molecule has 1 aliphatic rings. The number of thioether (sulfide) groups is 1. The zero-order valence-electron chi connectivity index (χ0n) is 14.6. The summed E-state index contributed by atoms with van der Waals surface area (Å²) in [7, 11) is 1.61. The average molecular weight is 559 g/mol. The molecular weight excluding hydrogens is 543 g/mol. The molecular formula is C19H16BrIN2O3S. The number of hydrogen-bond donors (Lipinski definition) is 1. The van der Waals surface area contributed by atoms with E-state index < -0.39 is 0 Å². The third-order valence-corrected chi connectivity index (χ3v) is 5.78. The van der Waals surface area contributed by atoms with Gasteiger partial charge in [0.15, 0.2) is 16.7 Å².